The van der Waals surface area contributed by atoms with Crippen molar-refractivity contribution in [1.82, 2.24) is 4.98 Å². The van der Waals surface area contributed by atoms with Crippen LogP contribution in [0.25, 0.3) is 16.1 Å². The van der Waals surface area contributed by atoms with Gasteiger partial charge in [0.1, 0.15) is 26.5 Å². The van der Waals surface area contributed by atoms with E-state index in [4.69, 9.17) is 9.47 Å². The Bertz CT molecular complexity index is 1140. The Labute approximate surface area is 185 Å². The van der Waals surface area contributed by atoms with Crippen molar-refractivity contribution in [2.45, 2.75) is 13.8 Å². The smallest absolute Gasteiger partial charge is 0.348 e. The summed E-state index contributed by atoms with van der Waals surface area (Å²) in [4.78, 5) is 30.3. The summed E-state index contributed by atoms with van der Waals surface area (Å²) in [5, 5.41) is 17.4. The number of esters is 2. The number of hydrogen-bond acceptors (Lipinski definition) is 10. The number of aromatic nitrogens is 1. The second-order valence-corrected chi connectivity index (χ2v) is 8.63. The van der Waals surface area contributed by atoms with Crippen LogP contribution in [0.2, 0.25) is 0 Å². The maximum Gasteiger partial charge on any atom is 0.348 e. The number of thiazole rings is 1. The molecule has 7 nitrogen and oxygen atoms in total. The highest BCUT2D eigenvalue weighted by Crippen LogP contribution is 2.35. The molecule has 0 saturated heterocycles. The predicted octanol–water partition coefficient (Wildman–Crippen LogP) is 5.18. The van der Waals surface area contributed by atoms with E-state index in [1.807, 2.05) is 22.9 Å². The van der Waals surface area contributed by atoms with Gasteiger partial charge in [-0.1, -0.05) is 6.07 Å². The summed E-state index contributed by atoms with van der Waals surface area (Å²) in [6, 6.07) is 6.03. The van der Waals surface area contributed by atoms with Crippen LogP contribution in [-0.2, 0) is 9.47 Å². The number of carbonyl (C=O) groups is 2. The molecule has 0 fully saturated rings. The van der Waals surface area contributed by atoms with E-state index in [0.29, 0.717) is 26.0 Å². The summed E-state index contributed by atoms with van der Waals surface area (Å²) in [6.45, 7) is 3.56. The predicted molar refractivity (Wildman–Crippen MR) is 119 cm³/mol. The fourth-order valence-electron chi connectivity index (χ4n) is 2.57. The Morgan fingerprint density at radius 3 is 2.77 bits per heavy atom. The first-order chi connectivity index (χ1) is 14.5. The SMILES string of the molecule is CCOC(=O)c1c(NC=C(C#N)c2nc(-c3cccs3)cs2)sc(C(=O)OC)c1C. The molecule has 10 heteroatoms. The van der Waals surface area contributed by atoms with Gasteiger partial charge in [-0.25, -0.2) is 14.6 Å². The quantitative estimate of drug-likeness (QED) is 0.384. The molecule has 154 valence electrons. The average Bonchev–Trinajstić information content (AvgIpc) is 3.48. The van der Waals surface area contributed by atoms with Gasteiger partial charge < -0.3 is 14.8 Å². The van der Waals surface area contributed by atoms with E-state index in [1.54, 1.807) is 25.2 Å². The summed E-state index contributed by atoms with van der Waals surface area (Å²) in [7, 11) is 1.28. The minimum absolute atomic E-state index is 0.199. The lowest BCUT2D eigenvalue weighted by atomic mass is 10.1. The van der Waals surface area contributed by atoms with Crippen molar-refractivity contribution < 1.29 is 19.1 Å². The Morgan fingerprint density at radius 1 is 1.33 bits per heavy atom. The minimum Gasteiger partial charge on any atom is -0.465 e. The molecule has 0 radical (unpaired) electrons. The number of nitrogens with zero attached hydrogens (tertiary/aromatic N) is 2. The van der Waals surface area contributed by atoms with E-state index in [0.717, 1.165) is 21.9 Å². The van der Waals surface area contributed by atoms with Crippen LogP contribution in [0.1, 0.15) is 37.5 Å². The minimum atomic E-state index is -0.551. The molecule has 0 saturated carbocycles. The Morgan fingerprint density at radius 2 is 2.13 bits per heavy atom. The van der Waals surface area contributed by atoms with E-state index >= 15 is 0 Å². The van der Waals surface area contributed by atoms with Crippen molar-refractivity contribution in [3.05, 3.63) is 50.1 Å². The molecule has 0 aliphatic rings. The van der Waals surface area contributed by atoms with Gasteiger partial charge in [0.2, 0.25) is 0 Å². The van der Waals surface area contributed by atoms with Crippen LogP contribution in [0.4, 0.5) is 5.00 Å². The summed E-state index contributed by atoms with van der Waals surface area (Å²) in [5.74, 6) is -1.09. The second kappa shape index (κ2) is 9.67. The third kappa shape index (κ3) is 4.43. The van der Waals surface area contributed by atoms with Crippen LogP contribution in [-0.4, -0.2) is 30.6 Å². The lowest BCUT2D eigenvalue weighted by molar-refractivity contribution is 0.0527. The normalized spacial score (nSPS) is 11.1. The van der Waals surface area contributed by atoms with Crippen LogP contribution in [0.3, 0.4) is 0 Å². The molecule has 0 amide bonds. The number of allylic oxidation sites excluding steroid dienone is 1. The Hall–Kier alpha value is -3.00. The highest BCUT2D eigenvalue weighted by Gasteiger charge is 2.26. The molecule has 3 rings (SSSR count). The maximum absolute atomic E-state index is 12.4. The van der Waals surface area contributed by atoms with Gasteiger partial charge in [0, 0.05) is 11.6 Å². The van der Waals surface area contributed by atoms with E-state index in [9.17, 15) is 14.9 Å². The van der Waals surface area contributed by atoms with E-state index < -0.39 is 11.9 Å². The third-order valence-corrected chi connectivity index (χ3v) is 6.94. The van der Waals surface area contributed by atoms with Crippen LogP contribution in [0, 0.1) is 18.3 Å². The first-order valence-electron chi connectivity index (χ1n) is 8.75. The highest BCUT2D eigenvalue weighted by atomic mass is 32.1. The van der Waals surface area contributed by atoms with Crippen LogP contribution in [0.5, 0.6) is 0 Å². The van der Waals surface area contributed by atoms with Crippen molar-refractivity contribution in [3.8, 4) is 16.6 Å². The molecule has 0 aromatic carbocycles. The number of nitriles is 1. The van der Waals surface area contributed by atoms with Gasteiger partial charge in [0.25, 0.3) is 0 Å². The highest BCUT2D eigenvalue weighted by molar-refractivity contribution is 7.18. The van der Waals surface area contributed by atoms with Crippen LogP contribution in [0.15, 0.2) is 29.1 Å². The van der Waals surface area contributed by atoms with Crippen LogP contribution < -0.4 is 5.32 Å². The van der Waals surface area contributed by atoms with Crippen molar-refractivity contribution in [2.75, 3.05) is 19.0 Å². The molecule has 0 spiro atoms. The van der Waals surface area contributed by atoms with Crippen molar-refractivity contribution >= 4 is 56.5 Å². The first kappa shape index (κ1) is 21.7. The van der Waals surface area contributed by atoms with Gasteiger partial charge >= 0.3 is 11.9 Å². The van der Waals surface area contributed by atoms with Gasteiger partial charge in [-0.2, -0.15) is 5.26 Å². The summed E-state index contributed by atoms with van der Waals surface area (Å²) in [6.07, 6.45) is 1.48. The molecule has 3 aromatic heterocycles. The van der Waals surface area contributed by atoms with Crippen molar-refractivity contribution in [1.29, 1.82) is 5.26 Å². The zero-order valence-electron chi connectivity index (χ0n) is 16.3. The van der Waals surface area contributed by atoms with Gasteiger partial charge in [-0.15, -0.1) is 34.0 Å². The zero-order valence-corrected chi connectivity index (χ0v) is 18.8. The number of carbonyl (C=O) groups excluding carboxylic acids is 2. The largest absolute Gasteiger partial charge is 0.465 e. The summed E-state index contributed by atoms with van der Waals surface area (Å²) < 4.78 is 9.92. The molecule has 30 heavy (non-hydrogen) atoms. The molecule has 0 atom stereocenters. The van der Waals surface area contributed by atoms with Gasteiger partial charge in [-0.3, -0.25) is 0 Å². The maximum atomic E-state index is 12.4. The Kier molecular flexibility index (Phi) is 6.99. The number of rotatable bonds is 7. The topological polar surface area (TPSA) is 101 Å². The third-order valence-electron chi connectivity index (χ3n) is 3.97. The molecular weight excluding hydrogens is 442 g/mol. The van der Waals surface area contributed by atoms with Crippen LogP contribution >= 0.6 is 34.0 Å². The molecule has 0 bridgehead atoms. The molecule has 0 aliphatic heterocycles. The molecule has 0 unspecified atom stereocenters. The molecule has 3 heterocycles. The van der Waals surface area contributed by atoms with E-state index in [-0.39, 0.29) is 12.2 Å². The first-order valence-corrected chi connectivity index (χ1v) is 11.3. The Balaban J connectivity index is 1.94. The average molecular weight is 460 g/mol. The second-order valence-electron chi connectivity index (χ2n) is 5.80. The monoisotopic (exact) mass is 459 g/mol. The number of nitrogens with one attached hydrogen (secondary N) is 1. The fraction of sp³-hybridized carbons (Fsp3) is 0.200. The number of ether oxygens (including phenoxy) is 2. The molecule has 1 N–H and O–H groups in total. The fourth-order valence-corrected chi connectivity index (χ4v) is 5.19. The summed E-state index contributed by atoms with van der Waals surface area (Å²) >= 11 is 3.99. The number of thiophene rings is 2. The number of methoxy groups -OCH3 is 1. The van der Waals surface area contributed by atoms with Gasteiger partial charge in [0.05, 0.1) is 29.9 Å². The zero-order chi connectivity index (χ0) is 21.7. The van der Waals surface area contributed by atoms with Crippen molar-refractivity contribution in [2.24, 2.45) is 0 Å². The van der Waals surface area contributed by atoms with Gasteiger partial charge in [-0.05, 0) is 30.9 Å². The molecule has 3 aromatic rings. The standard InChI is InChI=1S/C20H17N3O4S3/c1-4-27-19(24)15-11(2)16(20(25)26-3)30-18(15)22-9-12(8-21)17-23-13(10-29-17)14-6-5-7-28-14/h5-7,9-10,22H,4H2,1-3H3. The number of hydrogen-bond donors (Lipinski definition) is 1. The summed E-state index contributed by atoms with van der Waals surface area (Å²) in [5.41, 5.74) is 1.82. The number of anilines is 1. The van der Waals surface area contributed by atoms with E-state index in [2.05, 4.69) is 16.4 Å². The molecular formula is C20H17N3O4S3. The lowest BCUT2D eigenvalue weighted by Crippen LogP contribution is -2.08. The van der Waals surface area contributed by atoms with E-state index in [1.165, 1.54) is 24.6 Å². The van der Waals surface area contributed by atoms with Crippen molar-refractivity contribution in [3.63, 3.8) is 0 Å². The lowest BCUT2D eigenvalue weighted by Gasteiger charge is -2.05. The van der Waals surface area contributed by atoms with Gasteiger partial charge in [0.15, 0.2) is 0 Å². The molecule has 0 aliphatic carbocycles.